The zero-order chi connectivity index (χ0) is 24.4. The maximum atomic E-state index is 12.4. The van der Waals surface area contributed by atoms with Crippen LogP contribution in [0.4, 0.5) is 0 Å². The summed E-state index contributed by atoms with van der Waals surface area (Å²) >= 11 is 2.70. The van der Waals surface area contributed by atoms with Crippen LogP contribution in [-0.2, 0) is 10.0 Å². The zero-order valence-corrected chi connectivity index (χ0v) is 21.9. The third kappa shape index (κ3) is 5.40. The molecule has 0 bridgehead atoms. The third-order valence-electron chi connectivity index (χ3n) is 6.34. The van der Waals surface area contributed by atoms with E-state index in [0.29, 0.717) is 49.9 Å². The van der Waals surface area contributed by atoms with E-state index in [9.17, 15) is 13.2 Å². The van der Waals surface area contributed by atoms with Crippen LogP contribution in [0.3, 0.4) is 0 Å². The summed E-state index contributed by atoms with van der Waals surface area (Å²) in [5.74, 6) is 0.123. The highest BCUT2D eigenvalue weighted by molar-refractivity contribution is 7.89. The maximum absolute atomic E-state index is 12.4. The second kappa shape index (κ2) is 10.3. The smallest absolute Gasteiger partial charge is 0.275 e. The minimum absolute atomic E-state index is 0.0183. The SMILES string of the molecule is CCCS(=O)(=O)N1CC=C(c2ccc3nc(OC4CCN(C(=O)c5csnn5)CC4)sc3c2)CC1. The highest BCUT2D eigenvalue weighted by Crippen LogP contribution is 2.33. The fourth-order valence-corrected chi connectivity index (χ4v) is 7.24. The number of hydrogen-bond donors (Lipinski definition) is 0. The summed E-state index contributed by atoms with van der Waals surface area (Å²) in [6, 6.07) is 6.16. The number of piperidine rings is 1. The van der Waals surface area contributed by atoms with E-state index in [0.717, 1.165) is 34.2 Å². The van der Waals surface area contributed by atoms with Gasteiger partial charge in [-0.25, -0.2) is 13.4 Å². The second-order valence-corrected chi connectivity index (χ2v) is 12.4. The first-order valence-corrected chi connectivity index (χ1v) is 15.0. The topological polar surface area (TPSA) is 106 Å². The Morgan fingerprint density at radius 3 is 2.74 bits per heavy atom. The Labute approximate surface area is 212 Å². The molecular weight excluding hydrogens is 506 g/mol. The Balaban J connectivity index is 1.21. The number of aromatic nitrogens is 3. The van der Waals surface area contributed by atoms with Gasteiger partial charge in [0.2, 0.25) is 10.0 Å². The molecule has 4 heterocycles. The van der Waals surface area contributed by atoms with Crippen molar-refractivity contribution in [2.75, 3.05) is 31.9 Å². The van der Waals surface area contributed by atoms with Gasteiger partial charge in [0.25, 0.3) is 11.1 Å². The molecule has 1 fully saturated rings. The molecule has 5 rings (SSSR count). The van der Waals surface area contributed by atoms with Crippen LogP contribution in [0.15, 0.2) is 29.7 Å². The lowest BCUT2D eigenvalue weighted by Crippen LogP contribution is -2.41. The van der Waals surface area contributed by atoms with Crippen molar-refractivity contribution in [3.63, 3.8) is 0 Å². The number of sulfonamides is 1. The summed E-state index contributed by atoms with van der Waals surface area (Å²) in [4.78, 5) is 18.9. The van der Waals surface area contributed by atoms with Gasteiger partial charge < -0.3 is 9.64 Å². The van der Waals surface area contributed by atoms with Gasteiger partial charge in [-0.2, -0.15) is 4.31 Å². The van der Waals surface area contributed by atoms with E-state index in [2.05, 4.69) is 20.6 Å². The highest BCUT2D eigenvalue weighted by atomic mass is 32.2. The van der Waals surface area contributed by atoms with Crippen molar-refractivity contribution in [3.05, 3.63) is 40.9 Å². The fourth-order valence-electron chi connectivity index (χ4n) is 4.45. The molecule has 0 spiro atoms. The molecule has 0 N–H and O–H groups in total. The molecule has 9 nitrogen and oxygen atoms in total. The standard InChI is InChI=1S/C23H27N5O4S3/c1-2-13-35(30,31)28-11-5-16(6-12-28)17-3-4-19-21(14-17)34-23(24-19)32-18-7-9-27(10-8-18)22(29)20-15-33-26-25-20/h3-5,14-15,18H,2,6-13H2,1H3. The number of benzene rings is 1. The summed E-state index contributed by atoms with van der Waals surface area (Å²) in [6.45, 7) is 4.07. The zero-order valence-electron chi connectivity index (χ0n) is 19.4. The maximum Gasteiger partial charge on any atom is 0.275 e. The molecular formula is C23H27N5O4S3. The molecule has 0 radical (unpaired) electrons. The molecule has 2 aliphatic rings. The first kappa shape index (κ1) is 24.3. The van der Waals surface area contributed by atoms with Gasteiger partial charge in [-0.1, -0.05) is 34.9 Å². The van der Waals surface area contributed by atoms with Crippen molar-refractivity contribution in [3.8, 4) is 5.19 Å². The summed E-state index contributed by atoms with van der Waals surface area (Å²) in [5, 5.41) is 6.18. The summed E-state index contributed by atoms with van der Waals surface area (Å²) in [5.41, 5.74) is 3.56. The fraction of sp³-hybridized carbons (Fsp3) is 0.478. The average molecular weight is 534 g/mol. The number of hydrogen-bond acceptors (Lipinski definition) is 9. The molecule has 186 valence electrons. The predicted molar refractivity (Wildman–Crippen MR) is 137 cm³/mol. The van der Waals surface area contributed by atoms with Crippen LogP contribution in [0.2, 0.25) is 0 Å². The van der Waals surface area contributed by atoms with E-state index in [1.54, 1.807) is 14.6 Å². The van der Waals surface area contributed by atoms with Crippen molar-refractivity contribution in [2.24, 2.45) is 0 Å². The van der Waals surface area contributed by atoms with Crippen molar-refractivity contribution in [1.29, 1.82) is 0 Å². The molecule has 0 atom stereocenters. The Morgan fingerprint density at radius 1 is 1.23 bits per heavy atom. The molecule has 2 aromatic heterocycles. The Hall–Kier alpha value is -2.41. The van der Waals surface area contributed by atoms with Gasteiger partial charge in [-0.15, -0.1) is 5.10 Å². The number of likely N-dealkylation sites (tertiary alicyclic amines) is 1. The minimum atomic E-state index is -3.17. The van der Waals surface area contributed by atoms with E-state index in [-0.39, 0.29) is 17.8 Å². The molecule has 35 heavy (non-hydrogen) atoms. The van der Waals surface area contributed by atoms with Crippen molar-refractivity contribution in [2.45, 2.75) is 38.7 Å². The predicted octanol–water partition coefficient (Wildman–Crippen LogP) is 3.66. The van der Waals surface area contributed by atoms with E-state index < -0.39 is 10.0 Å². The van der Waals surface area contributed by atoms with Crippen LogP contribution in [0.5, 0.6) is 5.19 Å². The number of fused-ring (bicyclic) bond motifs is 1. The van der Waals surface area contributed by atoms with Gasteiger partial charge >= 0.3 is 0 Å². The monoisotopic (exact) mass is 533 g/mol. The van der Waals surface area contributed by atoms with E-state index in [4.69, 9.17) is 4.74 Å². The van der Waals surface area contributed by atoms with E-state index >= 15 is 0 Å². The van der Waals surface area contributed by atoms with Gasteiger partial charge in [0, 0.05) is 44.4 Å². The number of rotatable bonds is 7. The van der Waals surface area contributed by atoms with Gasteiger partial charge in [-0.05, 0) is 47.6 Å². The molecule has 0 aliphatic carbocycles. The second-order valence-electron chi connectivity index (χ2n) is 8.72. The largest absolute Gasteiger partial charge is 0.467 e. The minimum Gasteiger partial charge on any atom is -0.467 e. The van der Waals surface area contributed by atoms with E-state index in [1.165, 1.54) is 22.9 Å². The number of thiazole rings is 1. The number of nitrogens with zero attached hydrogens (tertiary/aromatic N) is 5. The number of carbonyl (C=O) groups excluding carboxylic acids is 1. The Kier molecular flexibility index (Phi) is 7.14. The first-order chi connectivity index (χ1) is 16.9. The Bertz CT molecular complexity index is 1330. The number of carbonyl (C=O) groups is 1. The van der Waals surface area contributed by atoms with Crippen LogP contribution in [-0.4, -0.2) is 76.1 Å². The van der Waals surface area contributed by atoms with Crippen molar-refractivity contribution < 1.29 is 17.9 Å². The van der Waals surface area contributed by atoms with Gasteiger partial charge in [0.05, 0.1) is 16.0 Å². The number of ether oxygens (including phenoxy) is 1. The van der Waals surface area contributed by atoms with Crippen LogP contribution < -0.4 is 4.74 Å². The van der Waals surface area contributed by atoms with Crippen molar-refractivity contribution in [1.82, 2.24) is 23.8 Å². The van der Waals surface area contributed by atoms with Crippen LogP contribution in [0.25, 0.3) is 15.8 Å². The van der Waals surface area contributed by atoms with Crippen LogP contribution in [0, 0.1) is 0 Å². The summed E-state index contributed by atoms with van der Waals surface area (Å²) in [7, 11) is -3.17. The van der Waals surface area contributed by atoms with Gasteiger partial charge in [0.1, 0.15) is 6.10 Å². The van der Waals surface area contributed by atoms with Gasteiger partial charge in [-0.3, -0.25) is 4.79 Å². The molecule has 0 saturated carbocycles. The molecule has 12 heteroatoms. The Morgan fingerprint density at radius 2 is 2.06 bits per heavy atom. The lowest BCUT2D eigenvalue weighted by Gasteiger charge is -2.31. The highest BCUT2D eigenvalue weighted by Gasteiger charge is 2.27. The molecule has 1 aromatic carbocycles. The molecule has 0 unspecified atom stereocenters. The summed E-state index contributed by atoms with van der Waals surface area (Å²) in [6.07, 6.45) is 4.86. The molecule has 1 amide bonds. The van der Waals surface area contributed by atoms with Crippen LogP contribution >= 0.6 is 22.9 Å². The van der Waals surface area contributed by atoms with E-state index in [1.807, 2.05) is 25.1 Å². The van der Waals surface area contributed by atoms with Crippen molar-refractivity contribution >= 4 is 54.6 Å². The molecule has 3 aromatic rings. The average Bonchev–Trinajstić information content (AvgIpc) is 3.54. The number of amides is 1. The molecule has 2 aliphatic heterocycles. The van der Waals surface area contributed by atoms with Gasteiger partial charge in [0.15, 0.2) is 5.69 Å². The quantitative estimate of drug-likeness (QED) is 0.456. The molecule has 1 saturated heterocycles. The normalized spacial score (nSPS) is 18.1. The van der Waals surface area contributed by atoms with Crippen LogP contribution in [0.1, 0.15) is 48.7 Å². The lowest BCUT2D eigenvalue weighted by atomic mass is 10.0. The lowest BCUT2D eigenvalue weighted by molar-refractivity contribution is 0.0590. The third-order valence-corrected chi connectivity index (χ3v) is 9.80. The first-order valence-electron chi connectivity index (χ1n) is 11.7. The summed E-state index contributed by atoms with van der Waals surface area (Å²) < 4.78 is 37.2.